The van der Waals surface area contributed by atoms with Crippen molar-refractivity contribution in [2.45, 2.75) is 39.2 Å². The van der Waals surface area contributed by atoms with E-state index >= 15 is 0 Å². The molecule has 1 unspecified atom stereocenters. The van der Waals surface area contributed by atoms with E-state index in [1.807, 2.05) is 30.8 Å². The van der Waals surface area contributed by atoms with Crippen molar-refractivity contribution in [3.8, 4) is 0 Å². The molecule has 0 bridgehead atoms. The Morgan fingerprint density at radius 3 is 2.76 bits per heavy atom. The Labute approximate surface area is 196 Å². The van der Waals surface area contributed by atoms with E-state index in [2.05, 4.69) is 62.9 Å². The Morgan fingerprint density at radius 2 is 2.10 bits per heavy atom. The molecule has 3 rings (SSSR count). The number of aryl methyl sites for hydroxylation is 1. The Balaban J connectivity index is 0.00000300. The molecule has 2 N–H and O–H groups in total. The van der Waals surface area contributed by atoms with Gasteiger partial charge >= 0.3 is 0 Å². The summed E-state index contributed by atoms with van der Waals surface area (Å²) in [6.45, 7) is 8.57. The highest BCUT2D eigenvalue weighted by atomic mass is 127. The summed E-state index contributed by atoms with van der Waals surface area (Å²) in [4.78, 5) is 12.7. The van der Waals surface area contributed by atoms with Crippen LogP contribution < -0.4 is 10.6 Å². The van der Waals surface area contributed by atoms with Gasteiger partial charge in [0.25, 0.3) is 0 Å². The molecule has 0 spiro atoms. The number of piperidine rings is 1. The lowest BCUT2D eigenvalue weighted by Crippen LogP contribution is -2.45. The zero-order chi connectivity index (χ0) is 19.8. The summed E-state index contributed by atoms with van der Waals surface area (Å²) >= 11 is 1.85. The molecule has 0 amide bonds. The molecule has 5 nitrogen and oxygen atoms in total. The van der Waals surface area contributed by atoms with Crippen molar-refractivity contribution in [2.75, 3.05) is 33.2 Å². The zero-order valence-electron chi connectivity index (χ0n) is 17.7. The van der Waals surface area contributed by atoms with Gasteiger partial charge in [-0.25, -0.2) is 0 Å². The molecule has 0 radical (unpaired) electrons. The first-order valence-electron chi connectivity index (χ1n) is 10.3. The molecule has 29 heavy (non-hydrogen) atoms. The molecule has 1 aliphatic heterocycles. The minimum atomic E-state index is 0. The topological polar surface area (TPSA) is 52.6 Å². The zero-order valence-corrected chi connectivity index (χ0v) is 20.9. The van der Waals surface area contributed by atoms with E-state index in [0.717, 1.165) is 31.4 Å². The summed E-state index contributed by atoms with van der Waals surface area (Å²) in [5.74, 6) is 1.72. The predicted octanol–water partition coefficient (Wildman–Crippen LogP) is 4.25. The van der Waals surface area contributed by atoms with Crippen LogP contribution in [0.3, 0.4) is 0 Å². The lowest BCUT2D eigenvalue weighted by molar-refractivity contribution is 0.140. The van der Waals surface area contributed by atoms with Gasteiger partial charge in [-0.3, -0.25) is 14.9 Å². The molecule has 0 aromatic carbocycles. The molecule has 1 atom stereocenters. The molecule has 7 heteroatoms. The molecule has 160 valence electrons. The maximum Gasteiger partial charge on any atom is 0.191 e. The summed E-state index contributed by atoms with van der Waals surface area (Å²) in [5.41, 5.74) is 2.57. The Hall–Kier alpha value is -1.19. The summed E-state index contributed by atoms with van der Waals surface area (Å²) in [6, 6.07) is 6.92. The van der Waals surface area contributed by atoms with Gasteiger partial charge in [0.1, 0.15) is 0 Å². The minimum Gasteiger partial charge on any atom is -0.356 e. The average Bonchev–Trinajstić information content (AvgIpc) is 3.24. The van der Waals surface area contributed by atoms with Crippen LogP contribution in [-0.2, 0) is 6.42 Å². The molecular formula is C22H34IN5S. The highest BCUT2D eigenvalue weighted by Gasteiger charge is 2.25. The van der Waals surface area contributed by atoms with Gasteiger partial charge in [-0.05, 0) is 73.8 Å². The van der Waals surface area contributed by atoms with Crippen LogP contribution in [0.5, 0.6) is 0 Å². The number of pyridine rings is 1. The van der Waals surface area contributed by atoms with Crippen LogP contribution in [0.2, 0.25) is 0 Å². The van der Waals surface area contributed by atoms with E-state index in [4.69, 9.17) is 0 Å². The van der Waals surface area contributed by atoms with Crippen LogP contribution in [-0.4, -0.2) is 49.1 Å². The lowest BCUT2D eigenvalue weighted by Gasteiger charge is -2.36. The van der Waals surface area contributed by atoms with Crippen molar-refractivity contribution >= 4 is 41.3 Å². The van der Waals surface area contributed by atoms with Crippen molar-refractivity contribution in [1.29, 1.82) is 0 Å². The monoisotopic (exact) mass is 527 g/mol. The Morgan fingerprint density at radius 1 is 1.31 bits per heavy atom. The fourth-order valence-corrected chi connectivity index (χ4v) is 4.60. The van der Waals surface area contributed by atoms with E-state index in [9.17, 15) is 0 Å². The Bertz CT molecular complexity index is 741. The predicted molar refractivity (Wildman–Crippen MR) is 134 cm³/mol. The molecular weight excluding hydrogens is 493 g/mol. The smallest absolute Gasteiger partial charge is 0.191 e. The van der Waals surface area contributed by atoms with Crippen molar-refractivity contribution in [1.82, 2.24) is 20.5 Å². The van der Waals surface area contributed by atoms with Crippen LogP contribution >= 0.6 is 35.3 Å². The minimum absolute atomic E-state index is 0. The maximum atomic E-state index is 4.42. The Kier molecular flexibility index (Phi) is 10.4. The van der Waals surface area contributed by atoms with Gasteiger partial charge in [0.05, 0.1) is 6.04 Å². The van der Waals surface area contributed by atoms with Crippen LogP contribution in [0, 0.1) is 12.8 Å². The van der Waals surface area contributed by atoms with Gasteiger partial charge in [0, 0.05) is 37.4 Å². The number of nitrogens with one attached hydrogen (secondary N) is 2. The number of hydrogen-bond donors (Lipinski definition) is 2. The standard InChI is InChI=1S/C22H33N5S.HI/c1-17-8-12-27(13-9-17)20(21-5-4-14-28-21)16-26-22(23-3)25-11-7-19-6-10-24-15-18(19)2;/h4-6,10,14-15,17,20H,7-9,11-13,16H2,1-3H3,(H2,23,25,26);1H. The third-order valence-corrected chi connectivity index (χ3v) is 6.61. The van der Waals surface area contributed by atoms with E-state index < -0.39 is 0 Å². The molecule has 2 aromatic rings. The summed E-state index contributed by atoms with van der Waals surface area (Å²) in [7, 11) is 1.84. The molecule has 2 aromatic heterocycles. The number of nitrogens with zero attached hydrogens (tertiary/aromatic N) is 3. The molecule has 3 heterocycles. The van der Waals surface area contributed by atoms with Gasteiger partial charge in [-0.2, -0.15) is 0 Å². The molecule has 1 saturated heterocycles. The second-order valence-corrected chi connectivity index (χ2v) is 8.66. The molecule has 0 saturated carbocycles. The lowest BCUT2D eigenvalue weighted by atomic mass is 9.97. The number of hydrogen-bond acceptors (Lipinski definition) is 4. The highest BCUT2D eigenvalue weighted by molar-refractivity contribution is 14.0. The van der Waals surface area contributed by atoms with Crippen LogP contribution in [0.1, 0.15) is 41.8 Å². The SMILES string of the molecule is CN=C(NCCc1ccncc1C)NCC(c1cccs1)N1CCC(C)CC1.I. The maximum absolute atomic E-state index is 4.42. The first-order chi connectivity index (χ1) is 13.7. The first-order valence-corrected chi connectivity index (χ1v) is 11.2. The van der Waals surface area contributed by atoms with E-state index in [1.165, 1.54) is 41.9 Å². The van der Waals surface area contributed by atoms with Gasteiger partial charge in [-0.1, -0.05) is 13.0 Å². The van der Waals surface area contributed by atoms with E-state index in [1.54, 1.807) is 0 Å². The highest BCUT2D eigenvalue weighted by Crippen LogP contribution is 2.29. The number of rotatable bonds is 7. The first kappa shape index (κ1) is 24.1. The van der Waals surface area contributed by atoms with Crippen molar-refractivity contribution in [2.24, 2.45) is 10.9 Å². The van der Waals surface area contributed by atoms with Gasteiger partial charge in [-0.15, -0.1) is 35.3 Å². The molecule has 1 fully saturated rings. The fraction of sp³-hybridized carbons (Fsp3) is 0.545. The van der Waals surface area contributed by atoms with Gasteiger partial charge < -0.3 is 10.6 Å². The van der Waals surface area contributed by atoms with Gasteiger partial charge in [0.15, 0.2) is 5.96 Å². The molecule has 0 aliphatic carbocycles. The summed E-state index contributed by atoms with van der Waals surface area (Å²) in [5, 5.41) is 9.20. The molecule has 1 aliphatic rings. The second-order valence-electron chi connectivity index (χ2n) is 7.68. The number of likely N-dealkylation sites (tertiary alicyclic amines) is 1. The second kappa shape index (κ2) is 12.5. The van der Waals surface area contributed by atoms with E-state index in [0.29, 0.717) is 6.04 Å². The third kappa shape index (κ3) is 7.22. The van der Waals surface area contributed by atoms with Crippen molar-refractivity contribution in [3.63, 3.8) is 0 Å². The van der Waals surface area contributed by atoms with Gasteiger partial charge in [0.2, 0.25) is 0 Å². The third-order valence-electron chi connectivity index (χ3n) is 5.64. The normalized spacial score (nSPS) is 16.9. The number of halogens is 1. The van der Waals surface area contributed by atoms with Crippen molar-refractivity contribution < 1.29 is 0 Å². The quantitative estimate of drug-likeness (QED) is 0.321. The fourth-order valence-electron chi connectivity index (χ4n) is 3.74. The van der Waals surface area contributed by atoms with E-state index in [-0.39, 0.29) is 24.0 Å². The average molecular weight is 528 g/mol. The number of guanidine groups is 1. The number of aliphatic imine (C=N–C) groups is 1. The van der Waals surface area contributed by atoms with Crippen LogP contribution in [0.15, 0.2) is 41.0 Å². The van der Waals surface area contributed by atoms with Crippen LogP contribution in [0.4, 0.5) is 0 Å². The summed E-state index contributed by atoms with van der Waals surface area (Å²) in [6.07, 6.45) is 7.34. The van der Waals surface area contributed by atoms with Crippen LogP contribution in [0.25, 0.3) is 0 Å². The number of thiophene rings is 1. The summed E-state index contributed by atoms with van der Waals surface area (Å²) < 4.78 is 0. The largest absolute Gasteiger partial charge is 0.356 e. The number of aromatic nitrogens is 1. The van der Waals surface area contributed by atoms with Crippen molar-refractivity contribution in [3.05, 3.63) is 52.0 Å².